The second-order valence-corrected chi connectivity index (χ2v) is 7.68. The van der Waals surface area contributed by atoms with Crippen LogP contribution in [0.3, 0.4) is 0 Å². The van der Waals surface area contributed by atoms with E-state index in [0.29, 0.717) is 25.3 Å². The molecule has 0 saturated heterocycles. The van der Waals surface area contributed by atoms with Gasteiger partial charge in [-0.3, -0.25) is 4.79 Å². The van der Waals surface area contributed by atoms with Crippen LogP contribution in [-0.2, 0) is 11.2 Å². The summed E-state index contributed by atoms with van der Waals surface area (Å²) in [4.78, 5) is 14.4. The topological polar surface area (TPSA) is 53.3 Å². The second kappa shape index (κ2) is 11.2. The molecule has 0 aliphatic rings. The number of rotatable bonds is 9. The fourth-order valence-electron chi connectivity index (χ4n) is 3.11. The maximum Gasteiger partial charge on any atom is 0.260 e. The van der Waals surface area contributed by atoms with Crippen LogP contribution in [0.25, 0.3) is 11.1 Å². The van der Waals surface area contributed by atoms with Gasteiger partial charge in [-0.15, -0.1) is 0 Å². The minimum absolute atomic E-state index is 0.0660. The average molecular weight is 463 g/mol. The zero-order valence-corrected chi connectivity index (χ0v) is 18.2. The third-order valence-corrected chi connectivity index (χ3v) is 5.37. The smallest absolute Gasteiger partial charge is 0.260 e. The van der Waals surface area contributed by atoms with Crippen LogP contribution in [0.2, 0.25) is 0 Å². The first kappa shape index (κ1) is 21.6. The number of ether oxygens (including phenoxy) is 1. The van der Waals surface area contributed by atoms with Gasteiger partial charge < -0.3 is 9.64 Å². The highest BCUT2D eigenvalue weighted by Crippen LogP contribution is 2.30. The normalized spacial score (nSPS) is 10.3. The Morgan fingerprint density at radius 3 is 2.30 bits per heavy atom. The molecule has 3 rings (SSSR count). The summed E-state index contributed by atoms with van der Waals surface area (Å²) in [6.45, 7) is 0.894. The monoisotopic (exact) mass is 462 g/mol. The SMILES string of the molecule is N#CCCN(CCc1ccccc1)C(=O)COc1ccc(-c2ccccc2)cc1Br. The van der Waals surface area contributed by atoms with Crippen LogP contribution in [0, 0.1) is 11.3 Å². The first-order chi connectivity index (χ1) is 14.7. The van der Waals surface area contributed by atoms with Crippen molar-refractivity contribution in [2.45, 2.75) is 12.8 Å². The number of carbonyl (C=O) groups excluding carboxylic acids is 1. The summed E-state index contributed by atoms with van der Waals surface area (Å²) in [5.74, 6) is 0.492. The molecule has 0 heterocycles. The molecule has 0 aromatic heterocycles. The molecule has 0 unspecified atom stereocenters. The van der Waals surface area contributed by atoms with Crippen molar-refractivity contribution >= 4 is 21.8 Å². The number of carbonyl (C=O) groups is 1. The predicted molar refractivity (Wildman–Crippen MR) is 122 cm³/mol. The van der Waals surface area contributed by atoms with Gasteiger partial charge in [0.15, 0.2) is 6.61 Å². The van der Waals surface area contributed by atoms with E-state index in [1.54, 1.807) is 4.90 Å². The molecule has 0 N–H and O–H groups in total. The molecule has 0 radical (unpaired) electrons. The van der Waals surface area contributed by atoms with Crippen LogP contribution in [0.4, 0.5) is 0 Å². The van der Waals surface area contributed by atoms with E-state index >= 15 is 0 Å². The zero-order chi connectivity index (χ0) is 21.2. The van der Waals surface area contributed by atoms with Crippen molar-refractivity contribution in [3.63, 3.8) is 0 Å². The highest BCUT2D eigenvalue weighted by Gasteiger charge is 2.15. The Morgan fingerprint density at radius 2 is 1.63 bits per heavy atom. The van der Waals surface area contributed by atoms with Crippen LogP contribution in [-0.4, -0.2) is 30.5 Å². The van der Waals surface area contributed by atoms with Gasteiger partial charge in [-0.2, -0.15) is 5.26 Å². The summed E-state index contributed by atoms with van der Waals surface area (Å²) in [6.07, 6.45) is 1.05. The lowest BCUT2D eigenvalue weighted by atomic mass is 10.1. The lowest BCUT2D eigenvalue weighted by Crippen LogP contribution is -2.37. The lowest BCUT2D eigenvalue weighted by molar-refractivity contribution is -0.133. The van der Waals surface area contributed by atoms with Crippen molar-refractivity contribution in [2.24, 2.45) is 0 Å². The number of hydrogen-bond donors (Lipinski definition) is 0. The summed E-state index contributed by atoms with van der Waals surface area (Å²) >= 11 is 3.54. The third-order valence-electron chi connectivity index (χ3n) is 4.75. The number of benzene rings is 3. The zero-order valence-electron chi connectivity index (χ0n) is 16.6. The Kier molecular flexibility index (Phi) is 8.05. The first-order valence-electron chi connectivity index (χ1n) is 9.84. The van der Waals surface area contributed by atoms with Crippen molar-refractivity contribution in [1.29, 1.82) is 5.26 Å². The molecule has 0 spiro atoms. The van der Waals surface area contributed by atoms with Crippen molar-refractivity contribution in [2.75, 3.05) is 19.7 Å². The predicted octanol–water partition coefficient (Wildman–Crippen LogP) is 5.48. The van der Waals surface area contributed by atoms with E-state index in [-0.39, 0.29) is 12.5 Å². The van der Waals surface area contributed by atoms with Crippen molar-refractivity contribution < 1.29 is 9.53 Å². The van der Waals surface area contributed by atoms with Crippen molar-refractivity contribution in [3.05, 3.63) is 88.9 Å². The lowest BCUT2D eigenvalue weighted by Gasteiger charge is -2.22. The molecule has 1 amide bonds. The molecule has 0 aliphatic carbocycles. The summed E-state index contributed by atoms with van der Waals surface area (Å²) in [5.41, 5.74) is 3.34. The van der Waals surface area contributed by atoms with E-state index < -0.39 is 0 Å². The van der Waals surface area contributed by atoms with Gasteiger partial charge in [0.1, 0.15) is 5.75 Å². The Balaban J connectivity index is 1.60. The Bertz CT molecular complexity index is 1000. The Labute approximate surface area is 185 Å². The van der Waals surface area contributed by atoms with Gasteiger partial charge in [-0.1, -0.05) is 66.7 Å². The first-order valence-corrected chi connectivity index (χ1v) is 10.6. The van der Waals surface area contributed by atoms with Gasteiger partial charge in [-0.05, 0) is 51.2 Å². The highest BCUT2D eigenvalue weighted by atomic mass is 79.9. The molecule has 3 aromatic rings. The molecule has 0 bridgehead atoms. The molecule has 0 atom stereocenters. The summed E-state index contributed by atoms with van der Waals surface area (Å²) in [5, 5.41) is 8.92. The van der Waals surface area contributed by atoms with Gasteiger partial charge in [-0.25, -0.2) is 0 Å². The third kappa shape index (κ3) is 6.20. The number of nitriles is 1. The van der Waals surface area contributed by atoms with E-state index in [1.807, 2.05) is 78.9 Å². The largest absolute Gasteiger partial charge is 0.483 e. The fraction of sp³-hybridized carbons (Fsp3) is 0.200. The Morgan fingerprint density at radius 1 is 0.933 bits per heavy atom. The summed E-state index contributed by atoms with van der Waals surface area (Å²) in [7, 11) is 0. The van der Waals surface area contributed by atoms with Crippen LogP contribution < -0.4 is 4.74 Å². The van der Waals surface area contributed by atoms with Crippen LogP contribution >= 0.6 is 15.9 Å². The van der Waals surface area contributed by atoms with E-state index in [9.17, 15) is 4.79 Å². The average Bonchev–Trinajstić information content (AvgIpc) is 2.79. The van der Waals surface area contributed by atoms with Gasteiger partial charge in [0.2, 0.25) is 0 Å². The molecular formula is C25H23BrN2O2. The molecule has 0 fully saturated rings. The molecular weight excluding hydrogens is 440 g/mol. The molecule has 0 aliphatic heterocycles. The standard InChI is InChI=1S/C25H23BrN2O2/c26-23-18-22(21-10-5-2-6-11-21)12-13-24(23)30-19-25(29)28(16-7-15-27)17-14-20-8-3-1-4-9-20/h1-6,8-13,18H,7,14,16-17,19H2. The number of halogens is 1. The number of amides is 1. The van der Waals surface area contributed by atoms with Crippen molar-refractivity contribution in [1.82, 2.24) is 4.90 Å². The minimum atomic E-state index is -0.125. The molecule has 152 valence electrons. The highest BCUT2D eigenvalue weighted by molar-refractivity contribution is 9.10. The minimum Gasteiger partial charge on any atom is -0.483 e. The van der Waals surface area contributed by atoms with Crippen LogP contribution in [0.15, 0.2) is 83.3 Å². The summed E-state index contributed by atoms with van der Waals surface area (Å²) < 4.78 is 6.58. The van der Waals surface area contributed by atoms with E-state index in [0.717, 1.165) is 27.6 Å². The quantitative estimate of drug-likeness (QED) is 0.422. The van der Waals surface area contributed by atoms with Gasteiger partial charge in [0.25, 0.3) is 5.91 Å². The number of nitrogens with zero attached hydrogens (tertiary/aromatic N) is 2. The van der Waals surface area contributed by atoms with E-state index in [1.165, 1.54) is 0 Å². The van der Waals surface area contributed by atoms with E-state index in [4.69, 9.17) is 10.00 Å². The fourth-order valence-corrected chi connectivity index (χ4v) is 3.61. The molecule has 4 nitrogen and oxygen atoms in total. The maximum atomic E-state index is 12.7. The Hall–Kier alpha value is -3.10. The summed E-state index contributed by atoms with van der Waals surface area (Å²) in [6, 6.07) is 28.0. The van der Waals surface area contributed by atoms with Crippen LogP contribution in [0.1, 0.15) is 12.0 Å². The van der Waals surface area contributed by atoms with Gasteiger partial charge >= 0.3 is 0 Å². The molecule has 5 heteroatoms. The maximum absolute atomic E-state index is 12.7. The van der Waals surface area contributed by atoms with Gasteiger partial charge in [0.05, 0.1) is 17.0 Å². The number of hydrogen-bond acceptors (Lipinski definition) is 3. The van der Waals surface area contributed by atoms with Gasteiger partial charge in [0, 0.05) is 13.1 Å². The van der Waals surface area contributed by atoms with Crippen molar-refractivity contribution in [3.8, 4) is 22.9 Å². The van der Waals surface area contributed by atoms with Crippen LogP contribution in [0.5, 0.6) is 5.75 Å². The molecule has 3 aromatic carbocycles. The van der Waals surface area contributed by atoms with E-state index in [2.05, 4.69) is 22.0 Å². The molecule has 0 saturated carbocycles. The molecule has 30 heavy (non-hydrogen) atoms. The second-order valence-electron chi connectivity index (χ2n) is 6.82.